The van der Waals surface area contributed by atoms with Crippen LogP contribution in [0.5, 0.6) is 0 Å². The molecule has 6 nitrogen and oxygen atoms in total. The topological polar surface area (TPSA) is 67.2 Å². The van der Waals surface area contributed by atoms with Crippen molar-refractivity contribution in [2.75, 3.05) is 23.9 Å². The number of carbonyl (C=O) groups excluding carboxylic acids is 2. The molecule has 0 aliphatic carbocycles. The van der Waals surface area contributed by atoms with Crippen LogP contribution in [-0.2, 0) is 16.1 Å². The second kappa shape index (κ2) is 10.3. The van der Waals surface area contributed by atoms with Gasteiger partial charge in [-0.05, 0) is 50.2 Å². The van der Waals surface area contributed by atoms with Gasteiger partial charge in [-0.2, -0.15) is 5.10 Å². The first-order valence-corrected chi connectivity index (χ1v) is 11.0. The number of nitrogens with zero attached hydrogens (tertiary/aromatic N) is 3. The lowest BCUT2D eigenvalue weighted by Gasteiger charge is -2.17. The summed E-state index contributed by atoms with van der Waals surface area (Å²) in [6.45, 7) is 4.38. The normalized spacial score (nSPS) is 10.7. The highest BCUT2D eigenvalue weighted by Gasteiger charge is 2.17. The third-order valence-electron chi connectivity index (χ3n) is 4.85. The molecular weight excluding hydrogens is 415 g/mol. The molecule has 1 heterocycles. The van der Waals surface area contributed by atoms with Gasteiger partial charge in [-0.15, -0.1) is 11.8 Å². The van der Waals surface area contributed by atoms with Crippen LogP contribution in [0.1, 0.15) is 17.0 Å². The van der Waals surface area contributed by atoms with Crippen molar-refractivity contribution < 1.29 is 14.0 Å². The van der Waals surface area contributed by atoms with Gasteiger partial charge in [0.05, 0.1) is 22.9 Å². The SMILES string of the molecule is Cc1nn(-c2ccccc2)c(C)c1CN(C)C(=O)CSCC(=O)Nc1ccc(F)cc1. The fraction of sp³-hybridized carbons (Fsp3) is 0.261. The molecule has 31 heavy (non-hydrogen) atoms. The van der Waals surface area contributed by atoms with E-state index in [1.807, 2.05) is 48.9 Å². The number of aromatic nitrogens is 2. The molecule has 0 saturated carbocycles. The van der Waals surface area contributed by atoms with Crippen LogP contribution in [0.15, 0.2) is 54.6 Å². The van der Waals surface area contributed by atoms with E-state index < -0.39 is 0 Å². The van der Waals surface area contributed by atoms with Crippen LogP contribution in [0.25, 0.3) is 5.69 Å². The van der Waals surface area contributed by atoms with E-state index in [1.54, 1.807) is 11.9 Å². The lowest BCUT2D eigenvalue weighted by Crippen LogP contribution is -2.29. The van der Waals surface area contributed by atoms with E-state index in [0.29, 0.717) is 12.2 Å². The minimum atomic E-state index is -0.360. The molecule has 3 aromatic rings. The summed E-state index contributed by atoms with van der Waals surface area (Å²) in [4.78, 5) is 26.2. The fourth-order valence-corrected chi connectivity index (χ4v) is 3.88. The molecule has 0 unspecified atom stereocenters. The van der Waals surface area contributed by atoms with Gasteiger partial charge in [0.1, 0.15) is 5.82 Å². The molecule has 0 atom stereocenters. The number of benzene rings is 2. The summed E-state index contributed by atoms with van der Waals surface area (Å²) < 4.78 is 14.8. The second-order valence-corrected chi connectivity index (χ2v) is 8.18. The van der Waals surface area contributed by atoms with Crippen LogP contribution in [0.4, 0.5) is 10.1 Å². The van der Waals surface area contributed by atoms with Crippen molar-refractivity contribution in [3.63, 3.8) is 0 Å². The fourth-order valence-electron chi connectivity index (χ4n) is 3.12. The molecule has 0 radical (unpaired) electrons. The summed E-state index contributed by atoms with van der Waals surface area (Å²) in [7, 11) is 1.75. The number of aryl methyl sites for hydroxylation is 1. The lowest BCUT2D eigenvalue weighted by atomic mass is 10.2. The third-order valence-corrected chi connectivity index (χ3v) is 5.77. The van der Waals surface area contributed by atoms with Gasteiger partial charge in [0.15, 0.2) is 0 Å². The quantitative estimate of drug-likeness (QED) is 0.576. The summed E-state index contributed by atoms with van der Waals surface area (Å²) in [5, 5.41) is 7.30. The zero-order valence-corrected chi connectivity index (χ0v) is 18.6. The van der Waals surface area contributed by atoms with E-state index >= 15 is 0 Å². The Morgan fingerprint density at radius 2 is 1.74 bits per heavy atom. The summed E-state index contributed by atoms with van der Waals surface area (Å²) in [6.07, 6.45) is 0. The van der Waals surface area contributed by atoms with Gasteiger partial charge in [0, 0.05) is 30.5 Å². The molecule has 162 valence electrons. The standard InChI is InChI=1S/C23H25FN4O2S/c1-16-21(17(2)28(26-16)20-7-5-4-6-8-20)13-27(3)23(30)15-31-14-22(29)25-19-11-9-18(24)10-12-19/h4-12H,13-15H2,1-3H3,(H,25,29). The van der Waals surface area contributed by atoms with Crippen LogP contribution < -0.4 is 5.32 Å². The van der Waals surface area contributed by atoms with E-state index in [9.17, 15) is 14.0 Å². The van der Waals surface area contributed by atoms with Crippen LogP contribution in [0.3, 0.4) is 0 Å². The van der Waals surface area contributed by atoms with Crippen molar-refractivity contribution in [2.45, 2.75) is 20.4 Å². The van der Waals surface area contributed by atoms with Crippen molar-refractivity contribution in [1.82, 2.24) is 14.7 Å². The number of para-hydroxylation sites is 1. The second-order valence-electron chi connectivity index (χ2n) is 7.19. The molecule has 2 aromatic carbocycles. The first-order valence-electron chi connectivity index (χ1n) is 9.83. The Bertz CT molecular complexity index is 1050. The van der Waals surface area contributed by atoms with Gasteiger partial charge < -0.3 is 10.2 Å². The highest BCUT2D eigenvalue weighted by atomic mass is 32.2. The molecule has 0 aliphatic rings. The minimum Gasteiger partial charge on any atom is -0.341 e. The molecule has 3 rings (SSSR count). The first kappa shape index (κ1) is 22.6. The van der Waals surface area contributed by atoms with E-state index in [1.165, 1.54) is 36.0 Å². The molecule has 1 N–H and O–H groups in total. The maximum atomic E-state index is 12.9. The first-order chi connectivity index (χ1) is 14.8. The van der Waals surface area contributed by atoms with Crippen LogP contribution in [0, 0.1) is 19.7 Å². The number of hydrogen-bond acceptors (Lipinski definition) is 4. The highest BCUT2D eigenvalue weighted by molar-refractivity contribution is 8.00. The van der Waals surface area contributed by atoms with Gasteiger partial charge in [0.25, 0.3) is 0 Å². The van der Waals surface area contributed by atoms with Crippen molar-refractivity contribution in [2.24, 2.45) is 0 Å². The number of anilines is 1. The van der Waals surface area contributed by atoms with Gasteiger partial charge in [-0.3, -0.25) is 9.59 Å². The molecule has 0 saturated heterocycles. The third kappa shape index (κ3) is 5.95. The minimum absolute atomic E-state index is 0.0640. The Balaban J connectivity index is 1.51. The summed E-state index contributed by atoms with van der Waals surface area (Å²) in [6, 6.07) is 15.4. The molecule has 8 heteroatoms. The van der Waals surface area contributed by atoms with Crippen LogP contribution in [0.2, 0.25) is 0 Å². The van der Waals surface area contributed by atoms with Gasteiger partial charge in [-0.25, -0.2) is 9.07 Å². The molecule has 2 amide bonds. The van der Waals surface area contributed by atoms with E-state index in [4.69, 9.17) is 0 Å². The Hall–Kier alpha value is -3.13. The predicted molar refractivity (Wildman–Crippen MR) is 122 cm³/mol. The van der Waals surface area contributed by atoms with Crippen LogP contribution >= 0.6 is 11.8 Å². The smallest absolute Gasteiger partial charge is 0.234 e. The number of hydrogen-bond donors (Lipinski definition) is 1. The molecule has 0 spiro atoms. The largest absolute Gasteiger partial charge is 0.341 e. The van der Waals surface area contributed by atoms with Crippen molar-refractivity contribution in [3.8, 4) is 5.69 Å². The average molecular weight is 441 g/mol. The molecule has 0 aliphatic heterocycles. The van der Waals surface area contributed by atoms with E-state index in [-0.39, 0.29) is 29.1 Å². The number of amides is 2. The van der Waals surface area contributed by atoms with Crippen molar-refractivity contribution in [1.29, 1.82) is 0 Å². The van der Waals surface area contributed by atoms with E-state index in [0.717, 1.165) is 22.6 Å². The number of halogens is 1. The molecule has 0 fully saturated rings. The maximum absolute atomic E-state index is 12.9. The number of carbonyl (C=O) groups is 2. The monoisotopic (exact) mass is 440 g/mol. The molecule has 0 bridgehead atoms. The van der Waals surface area contributed by atoms with Gasteiger partial charge in [-0.1, -0.05) is 18.2 Å². The van der Waals surface area contributed by atoms with Crippen molar-refractivity contribution >= 4 is 29.3 Å². The summed E-state index contributed by atoms with van der Waals surface area (Å²) in [5.41, 5.74) is 4.39. The number of thioether (sulfide) groups is 1. The average Bonchev–Trinajstić information content (AvgIpc) is 3.04. The Kier molecular flexibility index (Phi) is 7.46. The zero-order chi connectivity index (χ0) is 22.4. The number of nitrogens with one attached hydrogen (secondary N) is 1. The Morgan fingerprint density at radius 1 is 1.06 bits per heavy atom. The zero-order valence-electron chi connectivity index (χ0n) is 17.8. The maximum Gasteiger partial charge on any atom is 0.234 e. The molecular formula is C23H25FN4O2S. The lowest BCUT2D eigenvalue weighted by molar-refractivity contribution is -0.127. The molecule has 1 aromatic heterocycles. The number of rotatable bonds is 8. The summed E-state index contributed by atoms with van der Waals surface area (Å²) >= 11 is 1.24. The van der Waals surface area contributed by atoms with Gasteiger partial charge >= 0.3 is 0 Å². The highest BCUT2D eigenvalue weighted by Crippen LogP contribution is 2.19. The van der Waals surface area contributed by atoms with E-state index in [2.05, 4.69) is 10.4 Å². The Morgan fingerprint density at radius 3 is 2.42 bits per heavy atom. The van der Waals surface area contributed by atoms with Crippen LogP contribution in [-0.4, -0.2) is 45.0 Å². The van der Waals surface area contributed by atoms with Gasteiger partial charge in [0.2, 0.25) is 11.8 Å². The predicted octanol–water partition coefficient (Wildman–Crippen LogP) is 3.96. The summed E-state index contributed by atoms with van der Waals surface area (Å²) in [5.74, 6) is -0.325. The van der Waals surface area contributed by atoms with Crippen molar-refractivity contribution in [3.05, 3.63) is 77.4 Å². The Labute approximate surface area is 185 Å².